The van der Waals surface area contributed by atoms with Gasteiger partial charge in [-0.3, -0.25) is 4.79 Å². The monoisotopic (exact) mass is 277 g/mol. The molecule has 110 valence electrons. The van der Waals surface area contributed by atoms with Gasteiger partial charge in [0.25, 0.3) is 0 Å². The van der Waals surface area contributed by atoms with Gasteiger partial charge in [0.1, 0.15) is 0 Å². The van der Waals surface area contributed by atoms with E-state index >= 15 is 0 Å². The second-order valence-electron chi connectivity index (χ2n) is 6.02. The zero-order chi connectivity index (χ0) is 13.9. The minimum Gasteiger partial charge on any atom is -0.339 e. The van der Waals surface area contributed by atoms with Gasteiger partial charge in [0.05, 0.1) is 5.92 Å². The van der Waals surface area contributed by atoms with Crippen LogP contribution in [-0.4, -0.2) is 33.5 Å². The predicted molar refractivity (Wildman–Crippen MR) is 74.2 cm³/mol. The zero-order valence-electron chi connectivity index (χ0n) is 12.2. The Bertz CT molecular complexity index is 465. The Labute approximate surface area is 119 Å². The van der Waals surface area contributed by atoms with Gasteiger partial charge in [0.2, 0.25) is 11.8 Å². The molecule has 0 spiro atoms. The summed E-state index contributed by atoms with van der Waals surface area (Å²) in [6, 6.07) is 0.448. The van der Waals surface area contributed by atoms with Crippen LogP contribution in [0.15, 0.2) is 4.52 Å². The molecule has 5 nitrogen and oxygen atoms in total. The molecular formula is C15H23N3O2. The fraction of sp³-hybridized carbons (Fsp3) is 0.800. The van der Waals surface area contributed by atoms with E-state index in [0.717, 1.165) is 50.4 Å². The predicted octanol–water partition coefficient (Wildman–Crippen LogP) is 2.67. The summed E-state index contributed by atoms with van der Waals surface area (Å²) >= 11 is 0. The second-order valence-corrected chi connectivity index (χ2v) is 6.02. The van der Waals surface area contributed by atoms with Gasteiger partial charge >= 0.3 is 0 Å². The van der Waals surface area contributed by atoms with Crippen molar-refractivity contribution >= 4 is 5.91 Å². The topological polar surface area (TPSA) is 59.2 Å². The standard InChI is InChI=1S/C15H23N3O2/c1-2-5-13-16-15(20-17-13)11-8-9-14(19)18(10-11)12-6-3-4-7-12/h11-12H,2-10H2,1H3/t11-/m0/s1. The summed E-state index contributed by atoms with van der Waals surface area (Å²) < 4.78 is 5.40. The molecule has 0 radical (unpaired) electrons. The molecule has 3 rings (SSSR count). The molecule has 1 aromatic rings. The number of carbonyl (C=O) groups excluding carboxylic acids is 1. The van der Waals surface area contributed by atoms with Crippen LogP contribution in [0.5, 0.6) is 0 Å². The van der Waals surface area contributed by atoms with E-state index in [1.165, 1.54) is 12.8 Å². The molecule has 1 saturated carbocycles. The highest BCUT2D eigenvalue weighted by Crippen LogP contribution is 2.32. The number of carbonyl (C=O) groups is 1. The summed E-state index contributed by atoms with van der Waals surface area (Å²) in [7, 11) is 0. The summed E-state index contributed by atoms with van der Waals surface area (Å²) in [4.78, 5) is 18.7. The van der Waals surface area contributed by atoms with E-state index in [4.69, 9.17) is 4.52 Å². The maximum atomic E-state index is 12.1. The first-order valence-corrected chi connectivity index (χ1v) is 7.90. The molecule has 0 bridgehead atoms. The molecule has 1 saturated heterocycles. The van der Waals surface area contributed by atoms with Crippen molar-refractivity contribution in [2.45, 2.75) is 70.3 Å². The third-order valence-corrected chi connectivity index (χ3v) is 4.52. The highest BCUT2D eigenvalue weighted by Gasteiger charge is 2.35. The first-order valence-electron chi connectivity index (χ1n) is 7.90. The summed E-state index contributed by atoms with van der Waals surface area (Å²) in [5.41, 5.74) is 0. The SMILES string of the molecule is CCCc1noc([C@H]2CCC(=O)N(C3CCCC3)C2)n1. The number of likely N-dealkylation sites (tertiary alicyclic amines) is 1. The van der Waals surface area contributed by atoms with Gasteiger partial charge in [-0.25, -0.2) is 0 Å². The number of piperidine rings is 1. The molecule has 1 aromatic heterocycles. The molecule has 1 aliphatic heterocycles. The fourth-order valence-corrected chi connectivity index (χ4v) is 3.40. The molecule has 5 heteroatoms. The summed E-state index contributed by atoms with van der Waals surface area (Å²) in [6.45, 7) is 2.87. The summed E-state index contributed by atoms with van der Waals surface area (Å²) in [5.74, 6) is 2.06. The van der Waals surface area contributed by atoms with Crippen LogP contribution in [0.4, 0.5) is 0 Å². The number of hydrogen-bond donors (Lipinski definition) is 0. The van der Waals surface area contributed by atoms with Gasteiger partial charge in [-0.2, -0.15) is 4.98 Å². The fourth-order valence-electron chi connectivity index (χ4n) is 3.40. The lowest BCUT2D eigenvalue weighted by Crippen LogP contribution is -2.44. The van der Waals surface area contributed by atoms with Gasteiger partial charge in [0.15, 0.2) is 5.82 Å². The van der Waals surface area contributed by atoms with Gasteiger partial charge in [0, 0.05) is 25.4 Å². The molecule has 1 atom stereocenters. The van der Waals surface area contributed by atoms with E-state index in [1.54, 1.807) is 0 Å². The van der Waals surface area contributed by atoms with Crippen LogP contribution < -0.4 is 0 Å². The summed E-state index contributed by atoms with van der Waals surface area (Å²) in [6.07, 6.45) is 8.16. The van der Waals surface area contributed by atoms with Crippen LogP contribution in [-0.2, 0) is 11.2 Å². The Morgan fingerprint density at radius 2 is 2.10 bits per heavy atom. The number of amides is 1. The van der Waals surface area contributed by atoms with E-state index in [9.17, 15) is 4.79 Å². The van der Waals surface area contributed by atoms with Gasteiger partial charge in [-0.15, -0.1) is 0 Å². The highest BCUT2D eigenvalue weighted by atomic mass is 16.5. The van der Waals surface area contributed by atoms with Crippen LogP contribution in [0.3, 0.4) is 0 Å². The Balaban J connectivity index is 1.68. The van der Waals surface area contributed by atoms with Crippen molar-refractivity contribution in [2.75, 3.05) is 6.54 Å². The third-order valence-electron chi connectivity index (χ3n) is 4.52. The van der Waals surface area contributed by atoms with Crippen LogP contribution in [0, 0.1) is 0 Å². The molecular weight excluding hydrogens is 254 g/mol. The quantitative estimate of drug-likeness (QED) is 0.849. The molecule has 2 fully saturated rings. The van der Waals surface area contributed by atoms with E-state index in [-0.39, 0.29) is 5.92 Å². The van der Waals surface area contributed by atoms with Gasteiger partial charge < -0.3 is 9.42 Å². The van der Waals surface area contributed by atoms with E-state index in [2.05, 4.69) is 22.0 Å². The zero-order valence-corrected chi connectivity index (χ0v) is 12.2. The van der Waals surface area contributed by atoms with Gasteiger partial charge in [-0.05, 0) is 25.7 Å². The second kappa shape index (κ2) is 5.94. The molecule has 20 heavy (non-hydrogen) atoms. The van der Waals surface area contributed by atoms with Crippen molar-refractivity contribution in [2.24, 2.45) is 0 Å². The molecule has 1 aliphatic carbocycles. The molecule has 0 aromatic carbocycles. The number of rotatable bonds is 4. The smallest absolute Gasteiger partial charge is 0.231 e. The lowest BCUT2D eigenvalue weighted by Gasteiger charge is -2.35. The minimum absolute atomic E-state index is 0.228. The number of nitrogens with zero attached hydrogens (tertiary/aromatic N) is 3. The lowest BCUT2D eigenvalue weighted by molar-refractivity contribution is -0.136. The molecule has 0 unspecified atom stereocenters. The van der Waals surface area contributed by atoms with Crippen molar-refractivity contribution in [3.8, 4) is 0 Å². The maximum Gasteiger partial charge on any atom is 0.231 e. The average molecular weight is 277 g/mol. The molecule has 2 heterocycles. The minimum atomic E-state index is 0.228. The lowest BCUT2D eigenvalue weighted by atomic mass is 9.95. The van der Waals surface area contributed by atoms with Crippen molar-refractivity contribution in [1.82, 2.24) is 15.0 Å². The van der Waals surface area contributed by atoms with Crippen LogP contribution >= 0.6 is 0 Å². The Morgan fingerprint density at radius 1 is 1.30 bits per heavy atom. The highest BCUT2D eigenvalue weighted by molar-refractivity contribution is 5.77. The normalized spacial score (nSPS) is 24.6. The Hall–Kier alpha value is -1.39. The number of hydrogen-bond acceptors (Lipinski definition) is 4. The molecule has 2 aliphatic rings. The Kier molecular flexibility index (Phi) is 4.03. The van der Waals surface area contributed by atoms with Crippen LogP contribution in [0.25, 0.3) is 0 Å². The van der Waals surface area contributed by atoms with Crippen LogP contribution in [0.1, 0.15) is 69.5 Å². The van der Waals surface area contributed by atoms with Crippen LogP contribution in [0.2, 0.25) is 0 Å². The van der Waals surface area contributed by atoms with Crippen molar-refractivity contribution in [1.29, 1.82) is 0 Å². The van der Waals surface area contributed by atoms with E-state index in [0.29, 0.717) is 18.4 Å². The average Bonchev–Trinajstić information content (AvgIpc) is 3.11. The number of aromatic nitrogens is 2. The first-order chi connectivity index (χ1) is 9.78. The van der Waals surface area contributed by atoms with Crippen molar-refractivity contribution in [3.05, 3.63) is 11.7 Å². The summed E-state index contributed by atoms with van der Waals surface area (Å²) in [5, 5.41) is 4.03. The van der Waals surface area contributed by atoms with E-state index < -0.39 is 0 Å². The Morgan fingerprint density at radius 3 is 2.85 bits per heavy atom. The number of aryl methyl sites for hydroxylation is 1. The largest absolute Gasteiger partial charge is 0.339 e. The first kappa shape index (κ1) is 13.6. The van der Waals surface area contributed by atoms with Gasteiger partial charge in [-0.1, -0.05) is 24.9 Å². The van der Waals surface area contributed by atoms with Crippen molar-refractivity contribution < 1.29 is 9.32 Å². The third kappa shape index (κ3) is 2.72. The molecule has 0 N–H and O–H groups in total. The van der Waals surface area contributed by atoms with E-state index in [1.807, 2.05) is 0 Å². The maximum absolute atomic E-state index is 12.1. The van der Waals surface area contributed by atoms with Crippen molar-refractivity contribution in [3.63, 3.8) is 0 Å². The molecule has 1 amide bonds.